The van der Waals surface area contributed by atoms with Crippen molar-refractivity contribution in [1.29, 1.82) is 0 Å². The van der Waals surface area contributed by atoms with Gasteiger partial charge in [0.05, 0.1) is 5.60 Å². The van der Waals surface area contributed by atoms with Gasteiger partial charge in [0.15, 0.2) is 0 Å². The van der Waals surface area contributed by atoms with Crippen LogP contribution in [-0.4, -0.2) is 18.0 Å². The van der Waals surface area contributed by atoms with Crippen LogP contribution in [0.1, 0.15) is 60.3 Å². The largest absolute Gasteiger partial charge is 0.375 e. The highest BCUT2D eigenvalue weighted by Crippen LogP contribution is 2.25. The number of carbonyl (C=O) groups is 1. The smallest absolute Gasteiger partial charge is 0.138 e. The van der Waals surface area contributed by atoms with Crippen LogP contribution in [-0.2, 0) is 9.53 Å². The predicted molar refractivity (Wildman–Crippen MR) is 73.2 cm³/mol. The van der Waals surface area contributed by atoms with Crippen molar-refractivity contribution in [2.75, 3.05) is 6.61 Å². The van der Waals surface area contributed by atoms with E-state index in [9.17, 15) is 4.79 Å². The maximum absolute atomic E-state index is 11.9. The zero-order valence-corrected chi connectivity index (χ0v) is 12.1. The first-order valence-corrected chi connectivity index (χ1v) is 6.53. The van der Waals surface area contributed by atoms with E-state index in [4.69, 9.17) is 4.74 Å². The second kappa shape index (κ2) is 6.95. The predicted octanol–water partition coefficient (Wildman–Crippen LogP) is 4.14. The molecule has 0 bridgehead atoms. The van der Waals surface area contributed by atoms with Gasteiger partial charge in [0.25, 0.3) is 0 Å². The Hall–Kier alpha value is -0.630. The molecule has 0 aromatic heterocycles. The molecule has 0 saturated carbocycles. The Morgan fingerprint density at radius 1 is 1.29 bits per heavy atom. The van der Waals surface area contributed by atoms with Crippen molar-refractivity contribution in [3.05, 3.63) is 12.7 Å². The summed E-state index contributed by atoms with van der Waals surface area (Å²) < 4.78 is 5.81. The minimum atomic E-state index is -0.264. The van der Waals surface area contributed by atoms with Crippen molar-refractivity contribution < 1.29 is 9.53 Å². The van der Waals surface area contributed by atoms with Gasteiger partial charge in [0, 0.05) is 18.4 Å². The van der Waals surface area contributed by atoms with E-state index in [1.807, 2.05) is 26.8 Å². The lowest BCUT2D eigenvalue weighted by molar-refractivity contribution is -0.129. The summed E-state index contributed by atoms with van der Waals surface area (Å²) in [6, 6.07) is 0. The SMILES string of the molecule is C=CCC(C)(C)OCCC(C)(C)C(=O)CCC. The van der Waals surface area contributed by atoms with Crippen LogP contribution in [0.5, 0.6) is 0 Å². The van der Waals surface area contributed by atoms with E-state index in [1.54, 1.807) is 0 Å². The monoisotopic (exact) mass is 240 g/mol. The van der Waals surface area contributed by atoms with Crippen LogP contribution < -0.4 is 0 Å². The summed E-state index contributed by atoms with van der Waals surface area (Å²) in [5, 5.41) is 0. The number of ether oxygens (including phenoxy) is 1. The minimum absolute atomic E-state index is 0.175. The molecule has 2 nitrogen and oxygen atoms in total. The van der Waals surface area contributed by atoms with Crippen LogP contribution in [0.25, 0.3) is 0 Å². The third kappa shape index (κ3) is 6.62. The molecule has 0 aliphatic rings. The van der Waals surface area contributed by atoms with E-state index in [-0.39, 0.29) is 11.0 Å². The van der Waals surface area contributed by atoms with Gasteiger partial charge in [-0.15, -0.1) is 6.58 Å². The lowest BCUT2D eigenvalue weighted by Gasteiger charge is -2.28. The summed E-state index contributed by atoms with van der Waals surface area (Å²) in [6.45, 7) is 14.5. The minimum Gasteiger partial charge on any atom is -0.375 e. The van der Waals surface area contributed by atoms with E-state index in [1.165, 1.54) is 0 Å². The molecule has 0 rings (SSSR count). The maximum Gasteiger partial charge on any atom is 0.138 e. The first-order valence-electron chi connectivity index (χ1n) is 6.53. The first kappa shape index (κ1) is 16.4. The molecule has 0 aliphatic heterocycles. The molecule has 0 saturated heterocycles. The first-order chi connectivity index (χ1) is 7.75. The van der Waals surface area contributed by atoms with Crippen molar-refractivity contribution >= 4 is 5.78 Å². The van der Waals surface area contributed by atoms with Crippen molar-refractivity contribution in [2.45, 2.75) is 65.9 Å². The van der Waals surface area contributed by atoms with Crippen LogP contribution >= 0.6 is 0 Å². The summed E-state index contributed by atoms with van der Waals surface area (Å²) in [7, 11) is 0. The maximum atomic E-state index is 11.9. The second-order valence-corrected chi connectivity index (χ2v) is 5.91. The molecule has 0 N–H and O–H groups in total. The quantitative estimate of drug-likeness (QED) is 0.566. The van der Waals surface area contributed by atoms with E-state index in [2.05, 4.69) is 20.4 Å². The van der Waals surface area contributed by atoms with Crippen molar-refractivity contribution in [3.8, 4) is 0 Å². The van der Waals surface area contributed by atoms with E-state index >= 15 is 0 Å². The molecular formula is C15H28O2. The number of ketones is 1. The van der Waals surface area contributed by atoms with Crippen LogP contribution in [0.4, 0.5) is 0 Å². The fraction of sp³-hybridized carbons (Fsp3) is 0.800. The Morgan fingerprint density at radius 2 is 1.88 bits per heavy atom. The van der Waals surface area contributed by atoms with Gasteiger partial charge in [-0.05, 0) is 33.1 Å². The van der Waals surface area contributed by atoms with E-state index in [0.717, 1.165) is 19.3 Å². The van der Waals surface area contributed by atoms with Crippen LogP contribution in [0.2, 0.25) is 0 Å². The molecule has 0 radical (unpaired) electrons. The van der Waals surface area contributed by atoms with Crippen LogP contribution in [0.3, 0.4) is 0 Å². The summed E-state index contributed by atoms with van der Waals surface area (Å²) >= 11 is 0. The Balaban J connectivity index is 4.10. The number of carbonyl (C=O) groups excluding carboxylic acids is 1. The Labute approximate surface area is 106 Å². The average molecular weight is 240 g/mol. The van der Waals surface area contributed by atoms with E-state index in [0.29, 0.717) is 18.8 Å². The standard InChI is InChI=1S/C15H28O2/c1-7-9-13(16)14(3,4)11-12-17-15(5,6)10-8-2/h8H,2,7,9-12H2,1,3-6H3. The molecule has 100 valence electrons. The lowest BCUT2D eigenvalue weighted by atomic mass is 9.83. The number of hydrogen-bond donors (Lipinski definition) is 0. The highest BCUT2D eigenvalue weighted by molar-refractivity contribution is 5.83. The van der Waals surface area contributed by atoms with Gasteiger partial charge < -0.3 is 4.74 Å². The lowest BCUT2D eigenvalue weighted by Crippen LogP contribution is -2.29. The normalized spacial score (nSPS) is 12.5. The zero-order valence-electron chi connectivity index (χ0n) is 12.1. The van der Waals surface area contributed by atoms with Crippen molar-refractivity contribution in [2.24, 2.45) is 5.41 Å². The summed E-state index contributed by atoms with van der Waals surface area (Å²) in [5.74, 6) is 0.338. The molecule has 0 atom stereocenters. The number of Topliss-reactive ketones (excluding diaryl/α,β-unsaturated/α-hetero) is 1. The molecule has 0 fully saturated rings. The van der Waals surface area contributed by atoms with Crippen molar-refractivity contribution in [1.82, 2.24) is 0 Å². The van der Waals surface area contributed by atoms with Gasteiger partial charge in [0.1, 0.15) is 5.78 Å². The molecule has 0 aromatic carbocycles. The van der Waals surface area contributed by atoms with Gasteiger partial charge in [-0.1, -0.05) is 26.8 Å². The molecular weight excluding hydrogens is 212 g/mol. The van der Waals surface area contributed by atoms with Gasteiger partial charge in [-0.2, -0.15) is 0 Å². The van der Waals surface area contributed by atoms with E-state index < -0.39 is 0 Å². The molecule has 0 spiro atoms. The molecule has 0 aliphatic carbocycles. The van der Waals surface area contributed by atoms with Gasteiger partial charge in [-0.3, -0.25) is 4.79 Å². The van der Waals surface area contributed by atoms with Gasteiger partial charge >= 0.3 is 0 Å². The zero-order chi connectivity index (χ0) is 13.5. The fourth-order valence-corrected chi connectivity index (χ4v) is 1.69. The van der Waals surface area contributed by atoms with Gasteiger partial charge in [0.2, 0.25) is 0 Å². The molecule has 2 heteroatoms. The summed E-state index contributed by atoms with van der Waals surface area (Å²) in [5.41, 5.74) is -0.439. The Kier molecular flexibility index (Phi) is 6.69. The second-order valence-electron chi connectivity index (χ2n) is 5.91. The topological polar surface area (TPSA) is 26.3 Å². The summed E-state index contributed by atoms with van der Waals surface area (Å²) in [4.78, 5) is 11.9. The van der Waals surface area contributed by atoms with Crippen molar-refractivity contribution in [3.63, 3.8) is 0 Å². The Bertz CT molecular complexity index is 252. The third-order valence-corrected chi connectivity index (χ3v) is 3.09. The Morgan fingerprint density at radius 3 is 2.35 bits per heavy atom. The van der Waals surface area contributed by atoms with Crippen LogP contribution in [0.15, 0.2) is 12.7 Å². The number of hydrogen-bond acceptors (Lipinski definition) is 2. The highest BCUT2D eigenvalue weighted by atomic mass is 16.5. The number of rotatable bonds is 9. The molecule has 0 amide bonds. The molecule has 0 aromatic rings. The molecule has 17 heavy (non-hydrogen) atoms. The highest BCUT2D eigenvalue weighted by Gasteiger charge is 2.27. The van der Waals surface area contributed by atoms with Gasteiger partial charge in [-0.25, -0.2) is 0 Å². The fourth-order valence-electron chi connectivity index (χ4n) is 1.69. The molecule has 0 heterocycles. The third-order valence-electron chi connectivity index (χ3n) is 3.09. The molecule has 0 unspecified atom stereocenters. The average Bonchev–Trinajstić information content (AvgIpc) is 2.17. The summed E-state index contributed by atoms with van der Waals surface area (Å²) in [6.07, 6.45) is 5.07. The van der Waals surface area contributed by atoms with Crippen LogP contribution in [0, 0.1) is 5.41 Å².